The number of anilines is 1. The van der Waals surface area contributed by atoms with Crippen LogP contribution in [0.2, 0.25) is 5.02 Å². The van der Waals surface area contributed by atoms with E-state index in [-0.39, 0.29) is 10.7 Å². The predicted molar refractivity (Wildman–Crippen MR) is 79.6 cm³/mol. The van der Waals surface area contributed by atoms with Gasteiger partial charge in [-0.15, -0.1) is 0 Å². The van der Waals surface area contributed by atoms with Crippen LogP contribution in [0.4, 0.5) is 18.9 Å². The second-order valence-electron chi connectivity index (χ2n) is 4.71. The molecule has 0 aromatic heterocycles. The number of halogens is 4. The Morgan fingerprint density at radius 1 is 1.00 bits per heavy atom. The van der Waals surface area contributed by atoms with Crippen molar-refractivity contribution in [1.82, 2.24) is 0 Å². The molecule has 0 fully saturated rings. The molecule has 0 radical (unpaired) electrons. The van der Waals surface area contributed by atoms with E-state index in [2.05, 4.69) is 12.2 Å². The largest absolute Gasteiger partial charge is 0.418 e. The SMILES string of the molecule is CCc1ccc(CNc2ccc(Cl)cc2C(F)(F)F)cc1. The van der Waals surface area contributed by atoms with Gasteiger partial charge in [0, 0.05) is 17.3 Å². The zero-order chi connectivity index (χ0) is 15.5. The number of hydrogen-bond donors (Lipinski definition) is 1. The molecule has 0 saturated carbocycles. The lowest BCUT2D eigenvalue weighted by molar-refractivity contribution is -0.136. The highest BCUT2D eigenvalue weighted by Crippen LogP contribution is 2.36. The van der Waals surface area contributed by atoms with Crippen molar-refractivity contribution in [2.45, 2.75) is 26.1 Å². The van der Waals surface area contributed by atoms with Crippen LogP contribution < -0.4 is 5.32 Å². The monoisotopic (exact) mass is 313 g/mol. The van der Waals surface area contributed by atoms with Crippen molar-refractivity contribution in [1.29, 1.82) is 0 Å². The van der Waals surface area contributed by atoms with Crippen LogP contribution in [0, 0.1) is 0 Å². The average Bonchev–Trinajstić information content (AvgIpc) is 2.45. The van der Waals surface area contributed by atoms with Crippen LogP contribution in [0.15, 0.2) is 42.5 Å². The van der Waals surface area contributed by atoms with Gasteiger partial charge in [-0.05, 0) is 35.7 Å². The standard InChI is InChI=1S/C16H15ClF3N/c1-2-11-3-5-12(6-4-11)10-21-15-8-7-13(17)9-14(15)16(18,19)20/h3-9,21H,2,10H2,1H3. The number of nitrogens with one attached hydrogen (secondary N) is 1. The van der Waals surface area contributed by atoms with Crippen LogP contribution in [0.1, 0.15) is 23.6 Å². The van der Waals surface area contributed by atoms with E-state index in [1.165, 1.54) is 17.7 Å². The van der Waals surface area contributed by atoms with E-state index in [1.54, 1.807) is 0 Å². The molecule has 1 nitrogen and oxygen atoms in total. The van der Waals surface area contributed by atoms with E-state index in [0.29, 0.717) is 6.54 Å². The predicted octanol–water partition coefficient (Wildman–Crippen LogP) is 5.53. The molecule has 2 aromatic rings. The molecule has 5 heteroatoms. The van der Waals surface area contributed by atoms with Gasteiger partial charge < -0.3 is 5.32 Å². The first-order chi connectivity index (χ1) is 9.90. The zero-order valence-electron chi connectivity index (χ0n) is 11.5. The summed E-state index contributed by atoms with van der Waals surface area (Å²) in [6.07, 6.45) is -3.50. The molecular formula is C16H15ClF3N. The molecule has 0 aliphatic rings. The molecule has 1 N–H and O–H groups in total. The molecule has 0 spiro atoms. The Labute approximate surface area is 126 Å². The molecule has 2 aromatic carbocycles. The second-order valence-corrected chi connectivity index (χ2v) is 5.15. The molecule has 0 saturated heterocycles. The van der Waals surface area contributed by atoms with Crippen LogP contribution in [0.3, 0.4) is 0 Å². The molecule has 0 bridgehead atoms. The van der Waals surface area contributed by atoms with Gasteiger partial charge in [0.05, 0.1) is 5.56 Å². The van der Waals surface area contributed by atoms with E-state index >= 15 is 0 Å². The van der Waals surface area contributed by atoms with Crippen molar-refractivity contribution in [3.8, 4) is 0 Å². The van der Waals surface area contributed by atoms with Crippen molar-refractivity contribution >= 4 is 17.3 Å². The van der Waals surface area contributed by atoms with Gasteiger partial charge in [0.15, 0.2) is 0 Å². The summed E-state index contributed by atoms with van der Waals surface area (Å²) in [6.45, 7) is 2.38. The van der Waals surface area contributed by atoms with Gasteiger partial charge in [-0.1, -0.05) is 42.8 Å². The van der Waals surface area contributed by atoms with Crippen molar-refractivity contribution in [2.75, 3.05) is 5.32 Å². The first kappa shape index (κ1) is 15.7. The van der Waals surface area contributed by atoms with E-state index in [4.69, 9.17) is 11.6 Å². The molecule has 112 valence electrons. The third-order valence-electron chi connectivity index (χ3n) is 3.20. The molecule has 21 heavy (non-hydrogen) atoms. The quantitative estimate of drug-likeness (QED) is 0.782. The lowest BCUT2D eigenvalue weighted by atomic mass is 10.1. The zero-order valence-corrected chi connectivity index (χ0v) is 12.2. The van der Waals surface area contributed by atoms with Crippen molar-refractivity contribution in [3.63, 3.8) is 0 Å². The van der Waals surface area contributed by atoms with Gasteiger partial charge in [0.1, 0.15) is 0 Å². The lowest BCUT2D eigenvalue weighted by Crippen LogP contribution is -2.10. The summed E-state index contributed by atoms with van der Waals surface area (Å²) in [7, 11) is 0. The maximum Gasteiger partial charge on any atom is 0.418 e. The molecule has 0 unspecified atom stereocenters. The first-order valence-electron chi connectivity index (χ1n) is 6.58. The fourth-order valence-electron chi connectivity index (χ4n) is 2.00. The summed E-state index contributed by atoms with van der Waals surface area (Å²) in [5, 5.41) is 2.89. The Balaban J connectivity index is 2.15. The Morgan fingerprint density at radius 3 is 2.19 bits per heavy atom. The lowest BCUT2D eigenvalue weighted by Gasteiger charge is -2.15. The molecule has 0 amide bonds. The molecule has 0 heterocycles. The third kappa shape index (κ3) is 4.14. The van der Waals surface area contributed by atoms with Gasteiger partial charge in [-0.2, -0.15) is 13.2 Å². The number of hydrogen-bond acceptors (Lipinski definition) is 1. The number of rotatable bonds is 4. The Kier molecular flexibility index (Phi) is 4.78. The highest BCUT2D eigenvalue weighted by atomic mass is 35.5. The minimum absolute atomic E-state index is 0.0338. The summed E-state index contributed by atoms with van der Waals surface area (Å²) in [5.74, 6) is 0. The maximum atomic E-state index is 13.0. The highest BCUT2D eigenvalue weighted by Gasteiger charge is 2.33. The van der Waals surface area contributed by atoms with Gasteiger partial charge in [0.2, 0.25) is 0 Å². The van der Waals surface area contributed by atoms with E-state index in [0.717, 1.165) is 18.1 Å². The van der Waals surface area contributed by atoms with Crippen molar-refractivity contribution in [3.05, 3.63) is 64.2 Å². The molecular weight excluding hydrogens is 299 g/mol. The fraction of sp³-hybridized carbons (Fsp3) is 0.250. The maximum absolute atomic E-state index is 13.0. The normalized spacial score (nSPS) is 11.5. The Morgan fingerprint density at radius 2 is 1.62 bits per heavy atom. The van der Waals surface area contributed by atoms with Crippen LogP contribution in [-0.2, 0) is 19.1 Å². The average molecular weight is 314 g/mol. The summed E-state index contributed by atoms with van der Waals surface area (Å²) in [6, 6.07) is 11.5. The van der Waals surface area contributed by atoms with Crippen molar-refractivity contribution < 1.29 is 13.2 Å². The highest BCUT2D eigenvalue weighted by molar-refractivity contribution is 6.30. The van der Waals surface area contributed by atoms with Gasteiger partial charge >= 0.3 is 6.18 Å². The molecule has 0 aliphatic carbocycles. The topological polar surface area (TPSA) is 12.0 Å². The summed E-state index contributed by atoms with van der Waals surface area (Å²) in [4.78, 5) is 0. The summed E-state index contributed by atoms with van der Waals surface area (Å²) in [5.41, 5.74) is 1.41. The van der Waals surface area contributed by atoms with Gasteiger partial charge in [-0.25, -0.2) is 0 Å². The molecule has 0 aliphatic heterocycles. The van der Waals surface area contributed by atoms with Crippen LogP contribution in [0.25, 0.3) is 0 Å². The van der Waals surface area contributed by atoms with Crippen LogP contribution in [-0.4, -0.2) is 0 Å². The van der Waals surface area contributed by atoms with Crippen molar-refractivity contribution in [2.24, 2.45) is 0 Å². The summed E-state index contributed by atoms with van der Waals surface area (Å²) >= 11 is 5.65. The van der Waals surface area contributed by atoms with Gasteiger partial charge in [-0.3, -0.25) is 0 Å². The minimum atomic E-state index is -4.43. The first-order valence-corrected chi connectivity index (χ1v) is 6.96. The number of aryl methyl sites for hydroxylation is 1. The number of alkyl halides is 3. The van der Waals surface area contributed by atoms with E-state index in [9.17, 15) is 13.2 Å². The minimum Gasteiger partial charge on any atom is -0.380 e. The smallest absolute Gasteiger partial charge is 0.380 e. The van der Waals surface area contributed by atoms with Crippen LogP contribution in [0.5, 0.6) is 0 Å². The third-order valence-corrected chi connectivity index (χ3v) is 3.44. The van der Waals surface area contributed by atoms with E-state index in [1.807, 2.05) is 24.3 Å². The second kappa shape index (κ2) is 6.39. The number of benzene rings is 2. The Hall–Kier alpha value is -1.68. The fourth-order valence-corrected chi connectivity index (χ4v) is 2.17. The Bertz CT molecular complexity index is 606. The summed E-state index contributed by atoms with van der Waals surface area (Å²) < 4.78 is 38.9. The molecule has 0 atom stereocenters. The van der Waals surface area contributed by atoms with E-state index < -0.39 is 11.7 Å². The van der Waals surface area contributed by atoms with Crippen LogP contribution >= 0.6 is 11.6 Å². The van der Waals surface area contributed by atoms with Gasteiger partial charge in [0.25, 0.3) is 0 Å². The molecule has 2 rings (SSSR count).